The molecule has 1 aromatic carbocycles. The molecule has 0 spiro atoms. The van der Waals surface area contributed by atoms with Crippen molar-refractivity contribution in [3.05, 3.63) is 18.2 Å². The van der Waals surface area contributed by atoms with Gasteiger partial charge in [-0.2, -0.15) is 22.6 Å². The van der Waals surface area contributed by atoms with Crippen LogP contribution in [-0.2, 0) is 4.84 Å². The summed E-state index contributed by atoms with van der Waals surface area (Å²) in [4.78, 5) is 4.24. The Morgan fingerprint density at radius 2 is 2.00 bits per heavy atom. The van der Waals surface area contributed by atoms with Crippen LogP contribution in [0.5, 0.6) is 11.5 Å². The minimum absolute atomic E-state index is 0.0320. The van der Waals surface area contributed by atoms with Crippen LogP contribution in [-0.4, -0.2) is 24.8 Å². The van der Waals surface area contributed by atoms with Gasteiger partial charge in [0.1, 0.15) is 5.69 Å². The summed E-state index contributed by atoms with van der Waals surface area (Å²) in [6.07, 6.45) is -1.12. The first-order valence-corrected chi connectivity index (χ1v) is 5.44. The largest absolute Gasteiger partial charge is 0.458 e. The molecule has 0 bridgehead atoms. The topological polar surface area (TPSA) is 30.9 Å². The van der Waals surface area contributed by atoms with Gasteiger partial charge >= 0.3 is 13.2 Å². The Labute approximate surface area is 110 Å². The Morgan fingerprint density at radius 3 is 2.58 bits per heavy atom. The van der Waals surface area contributed by atoms with Crippen LogP contribution in [0.2, 0.25) is 0 Å². The first-order valence-electron chi connectivity index (χ1n) is 4.97. The second-order valence-electron chi connectivity index (χ2n) is 3.32. The molecule has 1 aliphatic heterocycles. The highest BCUT2D eigenvalue weighted by Crippen LogP contribution is 2.44. The van der Waals surface area contributed by atoms with Crippen LogP contribution >= 0.6 is 12.2 Å². The van der Waals surface area contributed by atoms with Crippen LogP contribution in [0.15, 0.2) is 18.2 Å². The minimum atomic E-state index is -3.10. The number of para-hydroxylation sites is 1. The van der Waals surface area contributed by atoms with Gasteiger partial charge in [0.2, 0.25) is 6.23 Å². The van der Waals surface area contributed by atoms with Crippen LogP contribution in [0.4, 0.5) is 23.2 Å². The smallest absolute Gasteiger partial charge is 0.387 e. The second-order valence-corrected chi connectivity index (χ2v) is 3.59. The van der Waals surface area contributed by atoms with Crippen molar-refractivity contribution < 1.29 is 31.9 Å². The number of hydrogen-bond acceptors (Lipinski definition) is 5. The van der Waals surface area contributed by atoms with Crippen molar-refractivity contribution in [3.8, 4) is 11.5 Å². The molecule has 0 saturated carbocycles. The summed E-state index contributed by atoms with van der Waals surface area (Å²) in [5, 5.41) is 1.72. The number of halogens is 4. The van der Waals surface area contributed by atoms with Gasteiger partial charge in [-0.3, -0.25) is 0 Å². The molecule has 2 rings (SSSR count). The van der Waals surface area contributed by atoms with Crippen LogP contribution in [0.3, 0.4) is 0 Å². The third-order valence-corrected chi connectivity index (χ3v) is 2.42. The Bertz CT molecular complexity index is 474. The Morgan fingerprint density at radius 1 is 1.26 bits per heavy atom. The number of hydroxylamine groups is 1. The van der Waals surface area contributed by atoms with E-state index in [9.17, 15) is 17.6 Å². The van der Waals surface area contributed by atoms with Crippen LogP contribution in [0.25, 0.3) is 0 Å². The molecule has 0 fully saturated rings. The predicted molar refractivity (Wildman–Crippen MR) is 60.7 cm³/mol. The van der Waals surface area contributed by atoms with Crippen molar-refractivity contribution in [2.45, 2.75) is 19.5 Å². The molecule has 1 aromatic rings. The minimum Gasteiger partial charge on any atom is -0.458 e. The zero-order valence-electron chi connectivity index (χ0n) is 9.13. The Balaban J connectivity index is 2.34. The maximum Gasteiger partial charge on any atom is 0.387 e. The van der Waals surface area contributed by atoms with E-state index in [1.54, 1.807) is 0 Å². The van der Waals surface area contributed by atoms with Gasteiger partial charge in [0.15, 0.2) is 11.5 Å². The van der Waals surface area contributed by atoms with Gasteiger partial charge in [0.05, 0.1) is 0 Å². The Kier molecular flexibility index (Phi) is 4.05. The van der Waals surface area contributed by atoms with Crippen LogP contribution < -0.4 is 14.5 Å². The van der Waals surface area contributed by atoms with E-state index in [1.807, 2.05) is 0 Å². The van der Waals surface area contributed by atoms with Crippen LogP contribution in [0, 0.1) is 0 Å². The molecule has 1 aliphatic rings. The maximum atomic E-state index is 12.3. The molecule has 0 aromatic heterocycles. The SMILES string of the molecule is FC(F)Oc1cccc2c1OC(C=S)N2OC(F)F. The van der Waals surface area contributed by atoms with Gasteiger partial charge in [-0.1, -0.05) is 18.3 Å². The fraction of sp³-hybridized carbons (Fsp3) is 0.300. The summed E-state index contributed by atoms with van der Waals surface area (Å²) in [6.45, 7) is -6.17. The molecular weight excluding hydrogens is 290 g/mol. The number of anilines is 1. The quantitative estimate of drug-likeness (QED) is 0.616. The number of thiocarbonyl (C=S) groups is 1. The number of nitrogens with zero attached hydrogens (tertiary/aromatic N) is 1. The zero-order valence-corrected chi connectivity index (χ0v) is 9.95. The standard InChI is InChI=1S/C10H7F4NO3S/c11-9(12)16-6-3-1-2-5-8(6)17-7(4-19)15(5)18-10(13)14/h1-4,7,9-10H. The number of benzene rings is 1. The molecule has 0 saturated heterocycles. The lowest BCUT2D eigenvalue weighted by atomic mass is 10.3. The van der Waals surface area contributed by atoms with Crippen molar-refractivity contribution in [2.75, 3.05) is 5.06 Å². The van der Waals surface area contributed by atoms with E-state index in [0.29, 0.717) is 5.06 Å². The van der Waals surface area contributed by atoms with E-state index in [-0.39, 0.29) is 17.2 Å². The summed E-state index contributed by atoms with van der Waals surface area (Å²) in [5.41, 5.74) is 0.0320. The summed E-state index contributed by atoms with van der Waals surface area (Å²) in [6, 6.07) is 3.92. The normalized spacial score (nSPS) is 17.6. The number of rotatable bonds is 5. The molecule has 1 atom stereocenters. The predicted octanol–water partition coefficient (Wildman–Crippen LogP) is 2.97. The number of ether oxygens (including phenoxy) is 2. The molecule has 19 heavy (non-hydrogen) atoms. The van der Waals surface area contributed by atoms with Crippen molar-refractivity contribution in [1.82, 2.24) is 0 Å². The van der Waals surface area contributed by atoms with Gasteiger partial charge < -0.3 is 9.47 Å². The van der Waals surface area contributed by atoms with E-state index < -0.39 is 19.5 Å². The maximum absolute atomic E-state index is 12.3. The zero-order chi connectivity index (χ0) is 14.0. The van der Waals surface area contributed by atoms with Crippen molar-refractivity contribution in [3.63, 3.8) is 0 Å². The van der Waals surface area contributed by atoms with E-state index in [4.69, 9.17) is 4.74 Å². The Hall–Kier alpha value is -1.61. The highest BCUT2D eigenvalue weighted by atomic mass is 32.1. The van der Waals surface area contributed by atoms with Gasteiger partial charge in [-0.15, -0.1) is 0 Å². The fourth-order valence-corrected chi connectivity index (χ4v) is 1.74. The molecule has 1 unspecified atom stereocenters. The van der Waals surface area contributed by atoms with E-state index in [0.717, 1.165) is 5.37 Å². The molecule has 0 aliphatic carbocycles. The van der Waals surface area contributed by atoms with Gasteiger partial charge in [0, 0.05) is 5.37 Å². The lowest BCUT2D eigenvalue weighted by Crippen LogP contribution is -2.36. The number of hydrogen-bond donors (Lipinski definition) is 0. The van der Waals surface area contributed by atoms with Gasteiger partial charge in [-0.25, -0.2) is 4.84 Å². The average Bonchev–Trinajstić information content (AvgIpc) is 2.67. The molecule has 0 amide bonds. The molecule has 1 heterocycles. The third-order valence-electron chi connectivity index (χ3n) is 2.19. The molecule has 104 valence electrons. The second kappa shape index (κ2) is 5.57. The lowest BCUT2D eigenvalue weighted by molar-refractivity contribution is -0.147. The van der Waals surface area contributed by atoms with Gasteiger partial charge in [0.25, 0.3) is 0 Å². The van der Waals surface area contributed by atoms with E-state index >= 15 is 0 Å². The summed E-state index contributed by atoms with van der Waals surface area (Å²) in [5.74, 6) is -0.413. The third kappa shape index (κ3) is 2.87. The highest BCUT2D eigenvalue weighted by molar-refractivity contribution is 7.79. The summed E-state index contributed by atoms with van der Waals surface area (Å²) in [7, 11) is 0. The molecule has 0 N–H and O–H groups in total. The van der Waals surface area contributed by atoms with E-state index in [2.05, 4.69) is 21.8 Å². The lowest BCUT2D eigenvalue weighted by Gasteiger charge is -2.19. The molecule has 4 nitrogen and oxygen atoms in total. The first-order chi connectivity index (χ1) is 9.02. The summed E-state index contributed by atoms with van der Waals surface area (Å²) < 4.78 is 58.4. The highest BCUT2D eigenvalue weighted by Gasteiger charge is 2.35. The van der Waals surface area contributed by atoms with Crippen LogP contribution in [0.1, 0.15) is 0 Å². The molecule has 9 heteroatoms. The molecule has 0 radical (unpaired) electrons. The van der Waals surface area contributed by atoms with Crippen molar-refractivity contribution in [2.24, 2.45) is 0 Å². The number of fused-ring (bicyclic) bond motifs is 1. The van der Waals surface area contributed by atoms with Crippen molar-refractivity contribution in [1.29, 1.82) is 0 Å². The van der Waals surface area contributed by atoms with Gasteiger partial charge in [-0.05, 0) is 12.1 Å². The van der Waals surface area contributed by atoms with E-state index in [1.165, 1.54) is 18.2 Å². The number of alkyl halides is 4. The van der Waals surface area contributed by atoms with Crippen molar-refractivity contribution >= 4 is 23.3 Å². The first kappa shape index (κ1) is 13.8. The molecular formula is C10H7F4NO3S. The summed E-state index contributed by atoms with van der Waals surface area (Å²) >= 11 is 4.61. The average molecular weight is 297 g/mol. The monoisotopic (exact) mass is 297 g/mol. The fourth-order valence-electron chi connectivity index (χ4n) is 1.58.